The van der Waals surface area contributed by atoms with Crippen molar-refractivity contribution in [3.05, 3.63) is 36.3 Å². The van der Waals surface area contributed by atoms with E-state index >= 15 is 0 Å². The minimum absolute atomic E-state index is 0.179. The van der Waals surface area contributed by atoms with Gasteiger partial charge < -0.3 is 19.7 Å². The Hall–Kier alpha value is -3.27. The predicted molar refractivity (Wildman–Crippen MR) is 126 cm³/mol. The molecule has 8 nitrogen and oxygen atoms in total. The van der Waals surface area contributed by atoms with Gasteiger partial charge in [0.15, 0.2) is 0 Å². The van der Waals surface area contributed by atoms with Crippen molar-refractivity contribution >= 4 is 22.5 Å². The highest BCUT2D eigenvalue weighted by molar-refractivity contribution is 5.89. The Morgan fingerprint density at radius 2 is 2.00 bits per heavy atom. The fraction of sp³-hybridized carbons (Fsp3) is 0.458. The largest absolute Gasteiger partial charge is 0.479 e. The Bertz CT molecular complexity index is 1340. The normalized spacial score (nSPS) is 21.0. The van der Waals surface area contributed by atoms with Crippen LogP contribution in [0, 0.1) is 6.92 Å². The number of aromatic nitrogens is 5. The van der Waals surface area contributed by atoms with Gasteiger partial charge in [0.2, 0.25) is 11.8 Å². The van der Waals surface area contributed by atoms with Gasteiger partial charge in [-0.2, -0.15) is 4.98 Å². The molecule has 0 atom stereocenters. The lowest BCUT2D eigenvalue weighted by Crippen LogP contribution is -2.36. The van der Waals surface area contributed by atoms with Crippen LogP contribution in [0.2, 0.25) is 0 Å². The summed E-state index contributed by atoms with van der Waals surface area (Å²) in [5, 5.41) is 18.2. The van der Waals surface area contributed by atoms with Crippen LogP contribution in [0.3, 0.4) is 0 Å². The van der Waals surface area contributed by atoms with E-state index in [9.17, 15) is 13.9 Å². The zero-order chi connectivity index (χ0) is 24.0. The number of halogens is 2. The number of nitrogens with zero attached hydrogens (tertiary/aromatic N) is 5. The van der Waals surface area contributed by atoms with Crippen LogP contribution in [0.4, 0.5) is 14.7 Å². The number of hydrogen-bond donors (Lipinski definition) is 2. The van der Waals surface area contributed by atoms with Crippen LogP contribution in [0.15, 0.2) is 30.5 Å². The van der Waals surface area contributed by atoms with Crippen molar-refractivity contribution in [3.63, 3.8) is 0 Å². The molecule has 0 radical (unpaired) electrons. The quantitative estimate of drug-likeness (QED) is 0.433. The lowest BCUT2D eigenvalue weighted by molar-refractivity contribution is 0.0195. The minimum Gasteiger partial charge on any atom is -0.479 e. The lowest BCUT2D eigenvalue weighted by atomic mass is 9.84. The van der Waals surface area contributed by atoms with Gasteiger partial charge in [-0.25, -0.2) is 18.3 Å². The third-order valence-electron chi connectivity index (χ3n) is 6.64. The van der Waals surface area contributed by atoms with Gasteiger partial charge in [-0.3, -0.25) is 0 Å². The highest BCUT2D eigenvalue weighted by Gasteiger charge is 2.29. The molecule has 0 unspecified atom stereocenters. The molecule has 5 rings (SSSR count). The van der Waals surface area contributed by atoms with Crippen LogP contribution in [-0.4, -0.2) is 54.4 Å². The first-order valence-corrected chi connectivity index (χ1v) is 11.4. The molecule has 1 fully saturated rings. The Labute approximate surface area is 195 Å². The number of ether oxygens (including phenoxy) is 1. The Morgan fingerprint density at radius 3 is 2.71 bits per heavy atom. The molecule has 3 aromatic heterocycles. The van der Waals surface area contributed by atoms with Gasteiger partial charge in [0.25, 0.3) is 6.43 Å². The van der Waals surface area contributed by atoms with E-state index in [0.717, 1.165) is 36.8 Å². The van der Waals surface area contributed by atoms with Gasteiger partial charge in [0.1, 0.15) is 11.3 Å². The zero-order valence-corrected chi connectivity index (χ0v) is 19.4. The van der Waals surface area contributed by atoms with Gasteiger partial charge in [-0.15, -0.1) is 5.10 Å². The maximum absolute atomic E-state index is 13.1. The highest BCUT2D eigenvalue weighted by atomic mass is 19.3. The van der Waals surface area contributed by atoms with E-state index in [1.54, 1.807) is 23.1 Å². The SMILES string of the molecule is COc1nc(NC2CCC(C)(O)CC2)nn2ccc(-c3ccc4nc(C)n(CC(F)F)c4c3)c12. The van der Waals surface area contributed by atoms with Gasteiger partial charge in [-0.1, -0.05) is 6.07 Å². The van der Waals surface area contributed by atoms with Crippen LogP contribution in [0.1, 0.15) is 38.4 Å². The number of anilines is 1. The minimum atomic E-state index is -2.47. The standard InChI is InChI=1S/C24H28F2N6O2/c1-14-27-18-5-4-15(12-19(18)31(14)13-20(25)26)17-8-11-32-21(17)22(34-3)29-23(30-32)28-16-6-9-24(2,33)10-7-16/h4-5,8,11-12,16,20,33H,6-7,9-10,13H2,1-3H3,(H,28,30). The second kappa shape index (κ2) is 8.50. The molecule has 0 amide bonds. The van der Waals surface area contributed by atoms with E-state index in [1.165, 1.54) is 0 Å². The molecule has 3 heterocycles. The number of benzene rings is 1. The Balaban J connectivity index is 1.51. The van der Waals surface area contributed by atoms with Crippen molar-refractivity contribution in [3.8, 4) is 17.0 Å². The molecular formula is C24H28F2N6O2. The van der Waals surface area contributed by atoms with Crippen LogP contribution in [-0.2, 0) is 6.54 Å². The first kappa shape index (κ1) is 22.5. The second-order valence-electron chi connectivity index (χ2n) is 9.25. The summed E-state index contributed by atoms with van der Waals surface area (Å²) in [6.07, 6.45) is 2.48. The predicted octanol–water partition coefficient (Wildman–Crippen LogP) is 4.43. The van der Waals surface area contributed by atoms with E-state index in [4.69, 9.17) is 4.74 Å². The summed E-state index contributed by atoms with van der Waals surface area (Å²) < 4.78 is 35.1. The van der Waals surface area contributed by atoms with Crippen molar-refractivity contribution in [1.29, 1.82) is 0 Å². The number of aliphatic hydroxyl groups is 1. The number of hydrogen-bond acceptors (Lipinski definition) is 6. The number of alkyl halides is 2. The molecule has 4 aromatic rings. The summed E-state index contributed by atoms with van der Waals surface area (Å²) in [5.41, 5.74) is 3.08. The third-order valence-corrected chi connectivity index (χ3v) is 6.64. The maximum atomic E-state index is 13.1. The van der Waals surface area contributed by atoms with E-state index in [1.807, 2.05) is 37.4 Å². The molecule has 34 heavy (non-hydrogen) atoms. The number of nitrogens with one attached hydrogen (secondary N) is 1. The molecule has 1 aliphatic rings. The van der Waals surface area contributed by atoms with E-state index in [2.05, 4.69) is 20.4 Å². The maximum Gasteiger partial charge on any atom is 0.256 e. The molecule has 1 saturated carbocycles. The molecule has 10 heteroatoms. The van der Waals surface area contributed by atoms with Crippen LogP contribution >= 0.6 is 0 Å². The smallest absolute Gasteiger partial charge is 0.256 e. The molecule has 0 bridgehead atoms. The van der Waals surface area contributed by atoms with Crippen molar-refractivity contribution < 1.29 is 18.6 Å². The Kier molecular flexibility index (Phi) is 5.63. The molecule has 0 aliphatic heterocycles. The Morgan fingerprint density at radius 1 is 1.24 bits per heavy atom. The van der Waals surface area contributed by atoms with Crippen LogP contribution in [0.5, 0.6) is 5.88 Å². The fourth-order valence-corrected chi connectivity index (χ4v) is 4.77. The number of fused-ring (bicyclic) bond motifs is 2. The van der Waals surface area contributed by atoms with Gasteiger partial charge in [-0.05, 0) is 63.3 Å². The summed E-state index contributed by atoms with van der Waals surface area (Å²) in [5.74, 6) is 1.42. The summed E-state index contributed by atoms with van der Waals surface area (Å²) in [4.78, 5) is 9.00. The van der Waals surface area contributed by atoms with Crippen LogP contribution < -0.4 is 10.1 Å². The molecular weight excluding hydrogens is 442 g/mol. The second-order valence-corrected chi connectivity index (χ2v) is 9.25. The first-order valence-electron chi connectivity index (χ1n) is 11.4. The van der Waals surface area contributed by atoms with Gasteiger partial charge in [0, 0.05) is 17.8 Å². The van der Waals surface area contributed by atoms with Crippen LogP contribution in [0.25, 0.3) is 27.7 Å². The molecule has 1 aliphatic carbocycles. The van der Waals surface area contributed by atoms with Crippen molar-refractivity contribution in [2.75, 3.05) is 12.4 Å². The summed E-state index contributed by atoms with van der Waals surface area (Å²) >= 11 is 0. The number of methoxy groups -OCH3 is 1. The topological polar surface area (TPSA) is 89.5 Å². The third kappa shape index (κ3) is 4.18. The molecule has 1 aromatic carbocycles. The lowest BCUT2D eigenvalue weighted by Gasteiger charge is -2.33. The number of rotatable bonds is 6. The van der Waals surface area contributed by atoms with Gasteiger partial charge >= 0.3 is 0 Å². The monoisotopic (exact) mass is 470 g/mol. The fourth-order valence-electron chi connectivity index (χ4n) is 4.77. The summed E-state index contributed by atoms with van der Waals surface area (Å²) in [6.45, 7) is 3.20. The number of imidazole rings is 1. The molecule has 2 N–H and O–H groups in total. The molecule has 0 saturated heterocycles. The van der Waals surface area contributed by atoms with E-state index < -0.39 is 18.6 Å². The van der Waals surface area contributed by atoms with Crippen molar-refractivity contribution in [1.82, 2.24) is 24.1 Å². The molecule has 180 valence electrons. The van der Waals surface area contributed by atoms with Crippen molar-refractivity contribution in [2.45, 2.75) is 64.1 Å². The first-order chi connectivity index (χ1) is 16.2. The van der Waals surface area contributed by atoms with E-state index in [0.29, 0.717) is 34.2 Å². The number of aryl methyl sites for hydroxylation is 1. The van der Waals surface area contributed by atoms with Gasteiger partial charge in [0.05, 0.1) is 30.3 Å². The summed E-state index contributed by atoms with van der Waals surface area (Å²) in [7, 11) is 1.56. The highest BCUT2D eigenvalue weighted by Crippen LogP contribution is 2.34. The van der Waals surface area contributed by atoms with Crippen molar-refractivity contribution in [2.24, 2.45) is 0 Å². The zero-order valence-electron chi connectivity index (χ0n) is 19.4. The average molecular weight is 471 g/mol. The average Bonchev–Trinajstić information content (AvgIpc) is 3.35. The van der Waals surface area contributed by atoms with E-state index in [-0.39, 0.29) is 6.04 Å². The molecule has 0 spiro atoms. The summed E-state index contributed by atoms with van der Waals surface area (Å²) in [6, 6.07) is 7.71.